The zero-order chi connectivity index (χ0) is 10.7. The van der Waals surface area contributed by atoms with Gasteiger partial charge in [0.05, 0.1) is 12.7 Å². The molecule has 0 aromatic carbocycles. The Labute approximate surface area is 91.6 Å². The highest BCUT2D eigenvalue weighted by atomic mass is 16.5. The molecule has 4 nitrogen and oxygen atoms in total. The maximum atomic E-state index is 9.55. The molecule has 2 saturated heterocycles. The van der Waals surface area contributed by atoms with Crippen molar-refractivity contribution < 1.29 is 9.84 Å². The summed E-state index contributed by atoms with van der Waals surface area (Å²) < 4.78 is 4.91. The summed E-state index contributed by atoms with van der Waals surface area (Å²) in [6.07, 6.45) is 2.18. The van der Waals surface area contributed by atoms with E-state index in [-0.39, 0.29) is 6.10 Å². The molecular formula is C11H22N2O2. The van der Waals surface area contributed by atoms with Crippen LogP contribution in [0.4, 0.5) is 0 Å². The van der Waals surface area contributed by atoms with Crippen molar-refractivity contribution in [3.63, 3.8) is 0 Å². The van der Waals surface area contributed by atoms with Crippen LogP contribution >= 0.6 is 0 Å². The fourth-order valence-electron chi connectivity index (χ4n) is 2.76. The minimum Gasteiger partial charge on any atom is -0.389 e. The number of nitrogens with one attached hydrogen (secondary N) is 1. The van der Waals surface area contributed by atoms with E-state index in [1.165, 1.54) is 32.5 Å². The van der Waals surface area contributed by atoms with Crippen LogP contribution in [0.15, 0.2) is 0 Å². The van der Waals surface area contributed by atoms with Gasteiger partial charge in [-0.1, -0.05) is 0 Å². The van der Waals surface area contributed by atoms with Crippen molar-refractivity contribution in [1.29, 1.82) is 0 Å². The van der Waals surface area contributed by atoms with E-state index in [2.05, 4.69) is 10.2 Å². The first-order valence-electron chi connectivity index (χ1n) is 5.92. The van der Waals surface area contributed by atoms with Gasteiger partial charge in [0.1, 0.15) is 0 Å². The number of aliphatic hydroxyl groups excluding tert-OH is 1. The van der Waals surface area contributed by atoms with Gasteiger partial charge in [0.15, 0.2) is 0 Å². The lowest BCUT2D eigenvalue weighted by atomic mass is 9.94. The van der Waals surface area contributed by atoms with Crippen LogP contribution in [0.3, 0.4) is 0 Å². The topological polar surface area (TPSA) is 44.7 Å². The molecule has 2 rings (SSSR count). The van der Waals surface area contributed by atoms with Crippen LogP contribution in [-0.4, -0.2) is 62.0 Å². The molecule has 0 aliphatic carbocycles. The molecule has 0 amide bonds. The summed E-state index contributed by atoms with van der Waals surface area (Å²) in [5, 5.41) is 13.0. The number of rotatable bonds is 5. The molecule has 0 saturated carbocycles. The van der Waals surface area contributed by atoms with Crippen molar-refractivity contribution in [1.82, 2.24) is 10.2 Å². The van der Waals surface area contributed by atoms with Gasteiger partial charge in [0.2, 0.25) is 0 Å². The van der Waals surface area contributed by atoms with E-state index in [1.807, 2.05) is 0 Å². The van der Waals surface area contributed by atoms with Gasteiger partial charge in [0, 0.05) is 26.2 Å². The molecule has 88 valence electrons. The molecule has 4 heteroatoms. The van der Waals surface area contributed by atoms with Crippen molar-refractivity contribution in [3.05, 3.63) is 0 Å². The maximum Gasteiger partial charge on any atom is 0.0897 e. The van der Waals surface area contributed by atoms with Crippen molar-refractivity contribution >= 4 is 0 Å². The molecule has 2 aliphatic rings. The Morgan fingerprint density at radius 1 is 1.47 bits per heavy atom. The normalized spacial score (nSPS) is 36.8. The van der Waals surface area contributed by atoms with E-state index in [9.17, 15) is 5.11 Å². The lowest BCUT2D eigenvalue weighted by molar-refractivity contribution is 0.0595. The van der Waals surface area contributed by atoms with Crippen LogP contribution in [0.2, 0.25) is 0 Å². The lowest BCUT2D eigenvalue weighted by Gasteiger charge is -2.31. The summed E-state index contributed by atoms with van der Waals surface area (Å²) in [4.78, 5) is 2.54. The second-order valence-electron chi connectivity index (χ2n) is 4.76. The van der Waals surface area contributed by atoms with Gasteiger partial charge in [-0.25, -0.2) is 0 Å². The highest BCUT2D eigenvalue weighted by molar-refractivity contribution is 4.90. The minimum atomic E-state index is -0.366. The zero-order valence-electron chi connectivity index (χ0n) is 9.48. The number of hydrogen-bond donors (Lipinski definition) is 2. The summed E-state index contributed by atoms with van der Waals surface area (Å²) >= 11 is 0. The highest BCUT2D eigenvalue weighted by Crippen LogP contribution is 2.26. The van der Waals surface area contributed by atoms with Gasteiger partial charge < -0.3 is 20.1 Å². The van der Waals surface area contributed by atoms with Gasteiger partial charge >= 0.3 is 0 Å². The zero-order valence-corrected chi connectivity index (χ0v) is 9.48. The number of hydrogen-bond acceptors (Lipinski definition) is 4. The first-order chi connectivity index (χ1) is 7.29. The highest BCUT2D eigenvalue weighted by Gasteiger charge is 2.33. The minimum absolute atomic E-state index is 0.366. The first kappa shape index (κ1) is 11.3. The van der Waals surface area contributed by atoms with Crippen LogP contribution in [0, 0.1) is 5.92 Å². The molecular weight excluding hydrogens is 192 g/mol. The van der Waals surface area contributed by atoms with Crippen molar-refractivity contribution in [2.45, 2.75) is 25.0 Å². The second-order valence-corrected chi connectivity index (χ2v) is 4.76. The number of methoxy groups -OCH3 is 1. The Morgan fingerprint density at radius 2 is 2.27 bits per heavy atom. The van der Waals surface area contributed by atoms with Crippen LogP contribution < -0.4 is 5.32 Å². The number of nitrogens with zero attached hydrogens (tertiary/aromatic N) is 1. The first-order valence-corrected chi connectivity index (χ1v) is 5.92. The summed E-state index contributed by atoms with van der Waals surface area (Å²) in [5.41, 5.74) is 0. The monoisotopic (exact) mass is 214 g/mol. The predicted molar refractivity (Wildman–Crippen MR) is 58.8 cm³/mol. The molecule has 2 heterocycles. The SMILES string of the molecule is COCC(O)CNC1CCN2CCC1C2. The molecule has 0 radical (unpaired) electrons. The van der Waals surface area contributed by atoms with Crippen LogP contribution in [-0.2, 0) is 4.74 Å². The van der Waals surface area contributed by atoms with Gasteiger partial charge in [-0.15, -0.1) is 0 Å². The summed E-state index contributed by atoms with van der Waals surface area (Å²) in [6, 6.07) is 0.607. The summed E-state index contributed by atoms with van der Waals surface area (Å²) in [7, 11) is 1.62. The Morgan fingerprint density at radius 3 is 3.07 bits per heavy atom. The fraction of sp³-hybridized carbons (Fsp3) is 1.00. The molecule has 15 heavy (non-hydrogen) atoms. The van der Waals surface area contributed by atoms with E-state index in [0.29, 0.717) is 19.2 Å². The standard InChI is InChI=1S/C11H22N2O2/c1-15-8-10(14)6-12-11-3-5-13-4-2-9(11)7-13/h9-12,14H,2-8H2,1H3. The Hall–Kier alpha value is -0.160. The number of piperidine rings is 1. The molecule has 4 unspecified atom stereocenters. The average molecular weight is 214 g/mol. The van der Waals surface area contributed by atoms with Crippen molar-refractivity contribution in [2.75, 3.05) is 39.9 Å². The maximum absolute atomic E-state index is 9.55. The van der Waals surface area contributed by atoms with Crippen LogP contribution in [0.5, 0.6) is 0 Å². The molecule has 2 fully saturated rings. The van der Waals surface area contributed by atoms with Gasteiger partial charge in [-0.2, -0.15) is 0 Å². The Bertz CT molecular complexity index is 201. The molecule has 2 aliphatic heterocycles. The molecule has 2 N–H and O–H groups in total. The van der Waals surface area contributed by atoms with E-state index >= 15 is 0 Å². The number of aliphatic hydroxyl groups is 1. The summed E-state index contributed by atoms with van der Waals surface area (Å²) in [5.74, 6) is 0.800. The molecule has 0 aromatic rings. The van der Waals surface area contributed by atoms with E-state index < -0.39 is 0 Å². The van der Waals surface area contributed by atoms with Crippen molar-refractivity contribution in [3.8, 4) is 0 Å². The molecule has 4 atom stereocenters. The van der Waals surface area contributed by atoms with E-state index in [4.69, 9.17) is 4.74 Å². The largest absolute Gasteiger partial charge is 0.389 e. The second kappa shape index (κ2) is 5.25. The van der Waals surface area contributed by atoms with Gasteiger partial charge in [0.25, 0.3) is 0 Å². The Balaban J connectivity index is 1.70. The van der Waals surface area contributed by atoms with E-state index in [0.717, 1.165) is 5.92 Å². The number of fused-ring (bicyclic) bond motifs is 2. The van der Waals surface area contributed by atoms with Crippen molar-refractivity contribution in [2.24, 2.45) is 5.92 Å². The quantitative estimate of drug-likeness (QED) is 0.658. The average Bonchev–Trinajstić information content (AvgIpc) is 2.61. The fourth-order valence-corrected chi connectivity index (χ4v) is 2.76. The van der Waals surface area contributed by atoms with Gasteiger partial charge in [-0.3, -0.25) is 0 Å². The van der Waals surface area contributed by atoms with E-state index in [1.54, 1.807) is 7.11 Å². The molecule has 2 bridgehead atoms. The molecule has 0 aromatic heterocycles. The van der Waals surface area contributed by atoms with Gasteiger partial charge in [-0.05, 0) is 31.8 Å². The third-order valence-electron chi connectivity index (χ3n) is 3.61. The number of ether oxygens (including phenoxy) is 1. The lowest BCUT2D eigenvalue weighted by Crippen LogP contribution is -2.46. The third-order valence-corrected chi connectivity index (χ3v) is 3.61. The van der Waals surface area contributed by atoms with Crippen LogP contribution in [0.1, 0.15) is 12.8 Å². The summed E-state index contributed by atoms with van der Waals surface area (Å²) in [6.45, 7) is 4.82. The predicted octanol–water partition coefficient (Wildman–Crippen LogP) is -0.322. The third kappa shape index (κ3) is 2.91. The van der Waals surface area contributed by atoms with Crippen LogP contribution in [0.25, 0.3) is 0 Å². The molecule has 0 spiro atoms. The Kier molecular flexibility index (Phi) is 3.97. The smallest absolute Gasteiger partial charge is 0.0897 e.